The largest absolute Gasteiger partial charge is 0.208 e. The Morgan fingerprint density at radius 3 is 1.71 bits per heavy atom. The first-order chi connectivity index (χ1) is 20.3. The molecule has 0 spiro atoms. The van der Waals surface area contributed by atoms with Crippen LogP contribution in [0, 0.1) is 0 Å². The lowest BCUT2D eigenvalue weighted by atomic mass is 9.98. The van der Waals surface area contributed by atoms with Gasteiger partial charge in [-0.25, -0.2) is 15.0 Å². The van der Waals surface area contributed by atoms with E-state index in [9.17, 15) is 0 Å². The second kappa shape index (κ2) is 9.77. The lowest BCUT2D eigenvalue weighted by molar-refractivity contribution is 1.08. The van der Waals surface area contributed by atoms with Gasteiger partial charge in [0.2, 0.25) is 0 Å². The Morgan fingerprint density at radius 2 is 0.951 bits per heavy atom. The molecular formula is C37H23N3S. The number of aromatic nitrogens is 3. The highest BCUT2D eigenvalue weighted by Crippen LogP contribution is 2.42. The van der Waals surface area contributed by atoms with E-state index in [4.69, 9.17) is 15.0 Å². The van der Waals surface area contributed by atoms with Crippen molar-refractivity contribution < 1.29 is 0 Å². The van der Waals surface area contributed by atoms with Crippen molar-refractivity contribution in [1.29, 1.82) is 0 Å². The average molecular weight is 542 g/mol. The summed E-state index contributed by atoms with van der Waals surface area (Å²) in [6.45, 7) is 0. The highest BCUT2D eigenvalue weighted by Gasteiger charge is 2.17. The predicted molar refractivity (Wildman–Crippen MR) is 172 cm³/mol. The lowest BCUT2D eigenvalue weighted by Gasteiger charge is -2.11. The van der Waals surface area contributed by atoms with E-state index >= 15 is 0 Å². The van der Waals surface area contributed by atoms with Crippen molar-refractivity contribution in [2.24, 2.45) is 0 Å². The summed E-state index contributed by atoms with van der Waals surface area (Å²) < 4.78 is 2.55. The van der Waals surface area contributed by atoms with Crippen LogP contribution in [-0.4, -0.2) is 15.0 Å². The number of rotatable bonds is 4. The van der Waals surface area contributed by atoms with Crippen LogP contribution in [0.3, 0.4) is 0 Å². The molecule has 41 heavy (non-hydrogen) atoms. The molecule has 0 atom stereocenters. The molecule has 0 fully saturated rings. The van der Waals surface area contributed by atoms with Crippen LogP contribution in [0.15, 0.2) is 140 Å². The fourth-order valence-corrected chi connectivity index (χ4v) is 6.68. The van der Waals surface area contributed by atoms with Crippen LogP contribution in [0.25, 0.3) is 76.2 Å². The molecule has 0 aliphatic heterocycles. The van der Waals surface area contributed by atoms with Crippen molar-refractivity contribution in [2.75, 3.05) is 0 Å². The van der Waals surface area contributed by atoms with Gasteiger partial charge in [-0.15, -0.1) is 11.3 Å². The molecule has 2 aromatic heterocycles. The van der Waals surface area contributed by atoms with Crippen LogP contribution < -0.4 is 0 Å². The minimum absolute atomic E-state index is 0.660. The molecule has 0 amide bonds. The first-order valence-corrected chi connectivity index (χ1v) is 14.4. The normalized spacial score (nSPS) is 11.4. The Labute approximate surface area is 241 Å². The smallest absolute Gasteiger partial charge is 0.164 e. The molecule has 6 aromatic carbocycles. The standard InChI is InChI=1S/C37H23N3S/c1-3-10-24(11-4-1)25-18-20-28(21-19-25)36-38-35(27-12-5-2-6-13-27)39-37(40-36)30-16-9-14-26-22-23-32-34(33(26)30)29-15-7-8-17-31(29)41-32/h1-23H. The summed E-state index contributed by atoms with van der Waals surface area (Å²) >= 11 is 1.83. The summed E-state index contributed by atoms with van der Waals surface area (Å²) in [6, 6.07) is 48.5. The third-order valence-corrected chi connectivity index (χ3v) is 8.68. The highest BCUT2D eigenvalue weighted by molar-refractivity contribution is 7.26. The van der Waals surface area contributed by atoms with Gasteiger partial charge in [0.25, 0.3) is 0 Å². The molecule has 0 bridgehead atoms. The van der Waals surface area contributed by atoms with E-state index in [0.29, 0.717) is 17.5 Å². The topological polar surface area (TPSA) is 38.7 Å². The highest BCUT2D eigenvalue weighted by atomic mass is 32.1. The van der Waals surface area contributed by atoms with Crippen molar-refractivity contribution in [3.8, 4) is 45.3 Å². The molecule has 4 heteroatoms. The molecule has 0 radical (unpaired) electrons. The van der Waals surface area contributed by atoms with Gasteiger partial charge in [-0.05, 0) is 28.6 Å². The van der Waals surface area contributed by atoms with Gasteiger partial charge >= 0.3 is 0 Å². The van der Waals surface area contributed by atoms with Gasteiger partial charge in [0.1, 0.15) is 0 Å². The Bertz CT molecular complexity index is 2180. The van der Waals surface area contributed by atoms with E-state index in [2.05, 4.69) is 115 Å². The van der Waals surface area contributed by atoms with Crippen LogP contribution in [0.4, 0.5) is 0 Å². The quantitative estimate of drug-likeness (QED) is 0.222. The van der Waals surface area contributed by atoms with E-state index in [1.54, 1.807) is 0 Å². The number of hydrogen-bond donors (Lipinski definition) is 0. The maximum atomic E-state index is 5.10. The van der Waals surface area contributed by atoms with Gasteiger partial charge in [0.05, 0.1) is 0 Å². The fraction of sp³-hybridized carbons (Fsp3) is 0. The van der Waals surface area contributed by atoms with E-state index in [1.807, 2.05) is 35.6 Å². The average Bonchev–Trinajstić information content (AvgIpc) is 3.44. The summed E-state index contributed by atoms with van der Waals surface area (Å²) in [6.07, 6.45) is 0. The zero-order valence-corrected chi connectivity index (χ0v) is 22.8. The second-order valence-electron chi connectivity index (χ2n) is 10.1. The van der Waals surface area contributed by atoms with E-state index in [0.717, 1.165) is 22.3 Å². The third kappa shape index (κ3) is 4.17. The number of fused-ring (bicyclic) bond motifs is 5. The van der Waals surface area contributed by atoms with Crippen LogP contribution in [0.1, 0.15) is 0 Å². The number of nitrogens with zero attached hydrogens (tertiary/aromatic N) is 3. The Hall–Kier alpha value is -5.19. The predicted octanol–water partition coefficient (Wildman–Crippen LogP) is 10.1. The van der Waals surface area contributed by atoms with Gasteiger partial charge in [0.15, 0.2) is 17.5 Å². The summed E-state index contributed by atoms with van der Waals surface area (Å²) in [5, 5.41) is 4.88. The zero-order chi connectivity index (χ0) is 27.2. The Balaban J connectivity index is 1.37. The van der Waals surface area contributed by atoms with Crippen molar-refractivity contribution in [1.82, 2.24) is 15.0 Å². The van der Waals surface area contributed by atoms with E-state index in [1.165, 1.54) is 36.5 Å². The van der Waals surface area contributed by atoms with E-state index < -0.39 is 0 Å². The van der Waals surface area contributed by atoms with Crippen LogP contribution in [0.2, 0.25) is 0 Å². The third-order valence-electron chi connectivity index (χ3n) is 7.54. The second-order valence-corrected chi connectivity index (χ2v) is 11.1. The molecule has 192 valence electrons. The number of benzene rings is 6. The molecule has 0 aliphatic carbocycles. The Morgan fingerprint density at radius 1 is 0.366 bits per heavy atom. The van der Waals surface area contributed by atoms with Crippen molar-refractivity contribution >= 4 is 42.3 Å². The molecule has 2 heterocycles. The van der Waals surface area contributed by atoms with Gasteiger partial charge in [-0.3, -0.25) is 0 Å². The minimum atomic E-state index is 0.660. The molecule has 0 saturated carbocycles. The summed E-state index contributed by atoms with van der Waals surface area (Å²) in [4.78, 5) is 15.1. The molecule has 0 saturated heterocycles. The monoisotopic (exact) mass is 541 g/mol. The van der Waals surface area contributed by atoms with Crippen molar-refractivity contribution in [2.45, 2.75) is 0 Å². The van der Waals surface area contributed by atoms with E-state index in [-0.39, 0.29) is 0 Å². The van der Waals surface area contributed by atoms with Gasteiger partial charge < -0.3 is 0 Å². The molecular weight excluding hydrogens is 518 g/mol. The maximum absolute atomic E-state index is 5.10. The van der Waals surface area contributed by atoms with Crippen molar-refractivity contribution in [3.05, 3.63) is 140 Å². The molecule has 8 aromatic rings. The van der Waals surface area contributed by atoms with Crippen LogP contribution in [0.5, 0.6) is 0 Å². The van der Waals surface area contributed by atoms with Gasteiger partial charge in [0, 0.05) is 42.2 Å². The molecule has 0 unspecified atom stereocenters. The van der Waals surface area contributed by atoms with Gasteiger partial charge in [-0.1, -0.05) is 127 Å². The van der Waals surface area contributed by atoms with Gasteiger partial charge in [-0.2, -0.15) is 0 Å². The maximum Gasteiger partial charge on any atom is 0.164 e. The zero-order valence-electron chi connectivity index (χ0n) is 22.0. The van der Waals surface area contributed by atoms with Crippen LogP contribution in [-0.2, 0) is 0 Å². The molecule has 0 N–H and O–H groups in total. The number of hydrogen-bond acceptors (Lipinski definition) is 4. The summed E-state index contributed by atoms with van der Waals surface area (Å²) in [5.41, 5.74) is 5.27. The summed E-state index contributed by atoms with van der Waals surface area (Å²) in [5.74, 6) is 2.00. The molecule has 3 nitrogen and oxygen atoms in total. The SMILES string of the molecule is c1ccc(-c2ccc(-c3nc(-c4ccccc4)nc(-c4cccc5ccc6sc7ccccc7c6c45)n3)cc2)cc1. The summed E-state index contributed by atoms with van der Waals surface area (Å²) in [7, 11) is 0. The molecule has 8 rings (SSSR count). The van der Waals surface area contributed by atoms with Crippen molar-refractivity contribution in [3.63, 3.8) is 0 Å². The minimum Gasteiger partial charge on any atom is -0.208 e. The lowest BCUT2D eigenvalue weighted by Crippen LogP contribution is -2.00. The number of thiophene rings is 1. The first-order valence-electron chi connectivity index (χ1n) is 13.6. The molecule has 0 aliphatic rings. The first kappa shape index (κ1) is 23.7. The Kier molecular flexibility index (Phi) is 5.64. The van der Waals surface area contributed by atoms with Crippen LogP contribution >= 0.6 is 11.3 Å². The fourth-order valence-electron chi connectivity index (χ4n) is 5.56.